The molecule has 1 atom stereocenters. The summed E-state index contributed by atoms with van der Waals surface area (Å²) in [6, 6.07) is 8.47. The van der Waals surface area contributed by atoms with Crippen LogP contribution in [0.2, 0.25) is 0 Å². The van der Waals surface area contributed by atoms with Crippen molar-refractivity contribution < 1.29 is 9.21 Å². The molecule has 22 heavy (non-hydrogen) atoms. The number of carbonyl (C=O) groups excluding carboxylic acids is 1. The summed E-state index contributed by atoms with van der Waals surface area (Å²) in [5.41, 5.74) is -0.0865. The molecule has 0 radical (unpaired) electrons. The first kappa shape index (κ1) is 14.6. The zero-order valence-corrected chi connectivity index (χ0v) is 12.7. The van der Waals surface area contributed by atoms with Crippen molar-refractivity contribution >= 4 is 5.91 Å². The Morgan fingerprint density at radius 3 is 2.95 bits per heavy atom. The maximum absolute atomic E-state index is 12.4. The van der Waals surface area contributed by atoms with Gasteiger partial charge in [-0.15, -0.1) is 0 Å². The predicted octanol–water partition coefficient (Wildman–Crippen LogP) is 2.36. The highest BCUT2D eigenvalue weighted by Crippen LogP contribution is 2.19. The molecule has 0 N–H and O–H groups in total. The van der Waals surface area contributed by atoms with E-state index in [0.717, 1.165) is 19.5 Å². The Bertz CT molecular complexity index is 716. The van der Waals surface area contributed by atoms with Crippen LogP contribution in [-0.2, 0) is 6.54 Å². The number of aromatic nitrogens is 1. The molecule has 3 rings (SSSR count). The minimum atomic E-state index is -0.0865. The number of hydrogen-bond donors (Lipinski definition) is 0. The van der Waals surface area contributed by atoms with Gasteiger partial charge in [-0.25, -0.2) is 0 Å². The second-order valence-electron chi connectivity index (χ2n) is 5.93. The van der Waals surface area contributed by atoms with Crippen molar-refractivity contribution in [2.45, 2.75) is 26.3 Å². The van der Waals surface area contributed by atoms with Crippen LogP contribution in [0.25, 0.3) is 0 Å². The fourth-order valence-electron chi connectivity index (χ4n) is 2.87. The summed E-state index contributed by atoms with van der Waals surface area (Å²) in [5, 5.41) is 0. The summed E-state index contributed by atoms with van der Waals surface area (Å²) in [6.45, 7) is 4.07. The summed E-state index contributed by atoms with van der Waals surface area (Å²) in [5.74, 6) is 1.45. The topological polar surface area (TPSA) is 55.5 Å². The highest BCUT2D eigenvalue weighted by Gasteiger charge is 2.24. The molecular weight excluding hydrogens is 280 g/mol. The van der Waals surface area contributed by atoms with E-state index in [2.05, 4.69) is 6.92 Å². The van der Waals surface area contributed by atoms with E-state index >= 15 is 0 Å². The van der Waals surface area contributed by atoms with Gasteiger partial charge >= 0.3 is 0 Å². The van der Waals surface area contributed by atoms with E-state index in [1.54, 1.807) is 35.0 Å². The number of rotatable bonds is 3. The Kier molecular flexibility index (Phi) is 4.13. The minimum Gasteiger partial charge on any atom is -0.454 e. The van der Waals surface area contributed by atoms with Crippen molar-refractivity contribution in [3.63, 3.8) is 0 Å². The van der Waals surface area contributed by atoms with Crippen LogP contribution in [0.3, 0.4) is 0 Å². The number of furan rings is 1. The van der Waals surface area contributed by atoms with E-state index in [4.69, 9.17) is 4.42 Å². The first-order chi connectivity index (χ1) is 10.6. The van der Waals surface area contributed by atoms with Gasteiger partial charge in [0.05, 0.1) is 6.54 Å². The van der Waals surface area contributed by atoms with Gasteiger partial charge in [-0.3, -0.25) is 9.59 Å². The number of amides is 1. The Labute approximate surface area is 129 Å². The van der Waals surface area contributed by atoms with Crippen LogP contribution in [0.4, 0.5) is 0 Å². The molecule has 1 saturated heterocycles. The van der Waals surface area contributed by atoms with Crippen LogP contribution in [0.1, 0.15) is 36.1 Å². The lowest BCUT2D eigenvalue weighted by Gasteiger charge is -2.30. The zero-order valence-electron chi connectivity index (χ0n) is 12.7. The average molecular weight is 300 g/mol. The van der Waals surface area contributed by atoms with E-state index in [1.807, 2.05) is 4.90 Å². The highest BCUT2D eigenvalue weighted by atomic mass is 16.4. The van der Waals surface area contributed by atoms with Gasteiger partial charge in [-0.05, 0) is 37.0 Å². The van der Waals surface area contributed by atoms with Gasteiger partial charge in [-0.2, -0.15) is 0 Å². The molecule has 0 aromatic carbocycles. The maximum atomic E-state index is 12.4. The first-order valence-electron chi connectivity index (χ1n) is 7.67. The normalized spacial score (nSPS) is 18.4. The molecule has 1 aliphatic heterocycles. The second-order valence-corrected chi connectivity index (χ2v) is 5.93. The third-order valence-corrected chi connectivity index (χ3v) is 4.04. The monoisotopic (exact) mass is 300 g/mol. The Morgan fingerprint density at radius 2 is 2.18 bits per heavy atom. The molecule has 0 bridgehead atoms. The van der Waals surface area contributed by atoms with Crippen LogP contribution >= 0.6 is 0 Å². The fraction of sp³-hybridized carbons (Fsp3) is 0.412. The van der Waals surface area contributed by atoms with Crippen LogP contribution in [0, 0.1) is 5.92 Å². The number of carbonyl (C=O) groups is 1. The van der Waals surface area contributed by atoms with Gasteiger partial charge in [-0.1, -0.05) is 13.0 Å². The van der Waals surface area contributed by atoms with Gasteiger partial charge < -0.3 is 13.9 Å². The molecule has 2 aromatic heterocycles. The maximum Gasteiger partial charge on any atom is 0.289 e. The van der Waals surface area contributed by atoms with Crippen LogP contribution in [-0.4, -0.2) is 28.5 Å². The Hall–Kier alpha value is -2.30. The molecule has 1 aliphatic rings. The molecule has 0 spiro atoms. The van der Waals surface area contributed by atoms with E-state index < -0.39 is 0 Å². The number of pyridine rings is 1. The molecular formula is C17H20N2O3. The summed E-state index contributed by atoms with van der Waals surface area (Å²) in [6.07, 6.45) is 3.92. The molecule has 5 nitrogen and oxygen atoms in total. The first-order valence-corrected chi connectivity index (χ1v) is 7.67. The van der Waals surface area contributed by atoms with Gasteiger partial charge in [0, 0.05) is 25.4 Å². The molecule has 5 heteroatoms. The fourth-order valence-corrected chi connectivity index (χ4v) is 2.87. The van der Waals surface area contributed by atoms with Gasteiger partial charge in [0.2, 0.25) is 0 Å². The number of nitrogens with zero attached hydrogens (tertiary/aromatic N) is 2. The lowest BCUT2D eigenvalue weighted by atomic mass is 10.0. The third kappa shape index (κ3) is 3.13. The zero-order chi connectivity index (χ0) is 15.5. The van der Waals surface area contributed by atoms with E-state index in [-0.39, 0.29) is 11.5 Å². The van der Waals surface area contributed by atoms with Crippen molar-refractivity contribution in [2.75, 3.05) is 13.1 Å². The van der Waals surface area contributed by atoms with Crippen LogP contribution in [0.5, 0.6) is 0 Å². The number of hydrogen-bond acceptors (Lipinski definition) is 3. The number of piperidine rings is 1. The Balaban J connectivity index is 1.72. The van der Waals surface area contributed by atoms with E-state index in [0.29, 0.717) is 24.0 Å². The third-order valence-electron chi connectivity index (χ3n) is 4.04. The predicted molar refractivity (Wildman–Crippen MR) is 82.8 cm³/mol. The molecule has 1 amide bonds. The minimum absolute atomic E-state index is 0.0572. The van der Waals surface area contributed by atoms with E-state index in [1.165, 1.54) is 12.5 Å². The summed E-state index contributed by atoms with van der Waals surface area (Å²) in [4.78, 5) is 26.0. The largest absolute Gasteiger partial charge is 0.454 e. The van der Waals surface area contributed by atoms with Gasteiger partial charge in [0.15, 0.2) is 5.76 Å². The van der Waals surface area contributed by atoms with Crippen molar-refractivity contribution in [2.24, 2.45) is 5.92 Å². The average Bonchev–Trinajstić information content (AvgIpc) is 2.97. The lowest BCUT2D eigenvalue weighted by Crippen LogP contribution is -2.38. The molecule has 1 unspecified atom stereocenters. The smallest absolute Gasteiger partial charge is 0.289 e. The van der Waals surface area contributed by atoms with Crippen LogP contribution in [0.15, 0.2) is 45.7 Å². The number of likely N-dealkylation sites (tertiary alicyclic amines) is 1. The molecule has 0 saturated carbocycles. The summed E-state index contributed by atoms with van der Waals surface area (Å²) >= 11 is 0. The second kappa shape index (κ2) is 6.22. The molecule has 1 fully saturated rings. The summed E-state index contributed by atoms with van der Waals surface area (Å²) < 4.78 is 7.19. The molecule has 116 valence electrons. The van der Waals surface area contributed by atoms with Crippen LogP contribution < -0.4 is 5.56 Å². The lowest BCUT2D eigenvalue weighted by molar-refractivity contribution is 0.0649. The quantitative estimate of drug-likeness (QED) is 0.874. The molecule has 0 aliphatic carbocycles. The summed E-state index contributed by atoms with van der Waals surface area (Å²) in [7, 11) is 0. The van der Waals surface area contributed by atoms with Crippen molar-refractivity contribution in [1.82, 2.24) is 9.47 Å². The van der Waals surface area contributed by atoms with Gasteiger partial charge in [0.1, 0.15) is 5.76 Å². The van der Waals surface area contributed by atoms with Crippen molar-refractivity contribution in [1.29, 1.82) is 0 Å². The standard InChI is InChI=1S/C17H20N2O3/c1-13-5-4-10-19(11-13)17(21)15-8-7-14(22-15)12-18-9-3-2-6-16(18)20/h2-3,6-9,13H,4-5,10-12H2,1H3. The SMILES string of the molecule is CC1CCCN(C(=O)c2ccc(Cn3ccccc3=O)o2)C1. The van der Waals surface area contributed by atoms with E-state index in [9.17, 15) is 9.59 Å². The van der Waals surface area contributed by atoms with Gasteiger partial charge in [0.25, 0.3) is 11.5 Å². The Morgan fingerprint density at radius 1 is 1.32 bits per heavy atom. The van der Waals surface area contributed by atoms with Crippen molar-refractivity contribution in [3.05, 3.63) is 58.4 Å². The molecule has 2 aromatic rings. The van der Waals surface area contributed by atoms with Crippen molar-refractivity contribution in [3.8, 4) is 0 Å². The molecule has 3 heterocycles. The highest BCUT2D eigenvalue weighted by molar-refractivity contribution is 5.91.